The summed E-state index contributed by atoms with van der Waals surface area (Å²) in [4.78, 5) is 0. The van der Waals surface area contributed by atoms with E-state index in [0.717, 1.165) is 0 Å². The lowest BCUT2D eigenvalue weighted by molar-refractivity contribution is 1.18. The van der Waals surface area contributed by atoms with Crippen LogP contribution in [0.5, 0.6) is 0 Å². The second-order valence-corrected chi connectivity index (χ2v) is 13.7. The Morgan fingerprint density at radius 1 is 0.275 bits per heavy atom. The van der Waals surface area contributed by atoms with Gasteiger partial charge in [0.1, 0.15) is 0 Å². The molecule has 12 aromatic rings. The van der Waals surface area contributed by atoms with Crippen LogP contribution >= 0.6 is 0 Å². The first-order valence-electron chi connectivity index (χ1n) is 17.6. The Bertz CT molecular complexity index is 3340. The molecule has 0 bridgehead atoms. The Labute approximate surface area is 292 Å². The molecule has 3 heteroatoms. The van der Waals surface area contributed by atoms with Crippen LogP contribution in [0.2, 0.25) is 0 Å². The highest BCUT2D eigenvalue weighted by Gasteiger charge is 2.24. The Morgan fingerprint density at radius 2 is 0.784 bits per heavy atom. The van der Waals surface area contributed by atoms with Crippen molar-refractivity contribution >= 4 is 81.7 Å². The van der Waals surface area contributed by atoms with Crippen LogP contribution in [0, 0.1) is 0 Å². The van der Waals surface area contributed by atoms with Crippen LogP contribution in [0.3, 0.4) is 0 Å². The van der Waals surface area contributed by atoms with Crippen LogP contribution in [0.1, 0.15) is 0 Å². The fraction of sp³-hybridized carbons (Fsp3) is 0. The summed E-state index contributed by atoms with van der Waals surface area (Å²) in [6, 6.07) is 64.6. The average molecular weight is 648 g/mol. The van der Waals surface area contributed by atoms with Crippen LogP contribution < -0.4 is 0 Å². The minimum atomic E-state index is 1.17. The second-order valence-electron chi connectivity index (χ2n) is 13.7. The van der Waals surface area contributed by atoms with Crippen molar-refractivity contribution < 1.29 is 0 Å². The van der Waals surface area contributed by atoms with Crippen LogP contribution in [0.25, 0.3) is 104 Å². The van der Waals surface area contributed by atoms with E-state index in [1.165, 1.54) is 104 Å². The first-order valence-corrected chi connectivity index (χ1v) is 17.6. The van der Waals surface area contributed by atoms with Crippen LogP contribution in [0.4, 0.5) is 0 Å². The number of benzene rings is 8. The Balaban J connectivity index is 1.21. The molecule has 0 amide bonds. The van der Waals surface area contributed by atoms with Gasteiger partial charge >= 0.3 is 0 Å². The minimum absolute atomic E-state index is 1.17. The van der Waals surface area contributed by atoms with Gasteiger partial charge in [0.15, 0.2) is 0 Å². The summed E-state index contributed by atoms with van der Waals surface area (Å²) in [5, 5.41) is 10.3. The molecule has 0 saturated carbocycles. The smallest absolute Gasteiger partial charge is 0.0642 e. The molecule has 4 heterocycles. The molecule has 0 fully saturated rings. The van der Waals surface area contributed by atoms with Crippen LogP contribution in [-0.2, 0) is 0 Å². The fourth-order valence-electron chi connectivity index (χ4n) is 9.04. The van der Waals surface area contributed by atoms with Gasteiger partial charge in [0.25, 0.3) is 0 Å². The number of aromatic nitrogens is 3. The second kappa shape index (κ2) is 9.87. The standard InChI is InChI=1S/C48H29N3/c1-3-13-32(14-4-1)49-41-20-10-7-17-34(41)36-25-23-31(28-45(36)49)30-24-26-44-38(27-30)40-29-39-35-18-8-11-21-42(35)51-43-22-12-9-19-37(43)46(48(39)51)47(40)50(44)33-15-5-2-6-16-33/h1-29H. The summed E-state index contributed by atoms with van der Waals surface area (Å²) in [6.45, 7) is 0. The first kappa shape index (κ1) is 27.0. The van der Waals surface area contributed by atoms with Crippen LogP contribution in [0.15, 0.2) is 176 Å². The zero-order valence-corrected chi connectivity index (χ0v) is 27.6. The van der Waals surface area contributed by atoms with Gasteiger partial charge < -0.3 is 13.5 Å². The molecule has 0 spiro atoms. The predicted octanol–water partition coefficient (Wildman–Crippen LogP) is 12.7. The third-order valence-corrected chi connectivity index (χ3v) is 11.1. The summed E-state index contributed by atoms with van der Waals surface area (Å²) in [7, 11) is 0. The maximum absolute atomic E-state index is 2.49. The summed E-state index contributed by atoms with van der Waals surface area (Å²) in [5.74, 6) is 0. The van der Waals surface area contributed by atoms with Crippen molar-refractivity contribution in [3.05, 3.63) is 176 Å². The fourth-order valence-corrected chi connectivity index (χ4v) is 9.04. The van der Waals surface area contributed by atoms with Gasteiger partial charge in [-0.15, -0.1) is 0 Å². The van der Waals surface area contributed by atoms with E-state index < -0.39 is 0 Å². The number of nitrogens with zero attached hydrogens (tertiary/aromatic N) is 3. The maximum atomic E-state index is 2.49. The molecule has 8 aromatic carbocycles. The van der Waals surface area contributed by atoms with Gasteiger partial charge in [0, 0.05) is 54.5 Å². The van der Waals surface area contributed by atoms with E-state index in [2.05, 4.69) is 189 Å². The molecule has 3 nitrogen and oxygen atoms in total. The highest BCUT2D eigenvalue weighted by Crippen LogP contribution is 2.47. The molecule has 0 N–H and O–H groups in total. The number of fused-ring (bicyclic) bond motifs is 13. The molecule has 0 unspecified atom stereocenters. The molecular formula is C48H29N3. The lowest BCUT2D eigenvalue weighted by Crippen LogP contribution is -1.94. The van der Waals surface area contributed by atoms with Gasteiger partial charge in [-0.3, -0.25) is 0 Å². The van der Waals surface area contributed by atoms with Crippen LogP contribution in [-0.4, -0.2) is 13.5 Å². The zero-order valence-electron chi connectivity index (χ0n) is 27.6. The van der Waals surface area contributed by atoms with E-state index in [-0.39, 0.29) is 0 Å². The van der Waals surface area contributed by atoms with Gasteiger partial charge in [0.05, 0.1) is 38.6 Å². The Hall–Kier alpha value is -6.84. The molecule has 4 aromatic heterocycles. The largest absolute Gasteiger partial charge is 0.309 e. The first-order chi connectivity index (χ1) is 25.3. The lowest BCUT2D eigenvalue weighted by Gasteiger charge is -2.10. The average Bonchev–Trinajstić information content (AvgIpc) is 3.92. The van der Waals surface area contributed by atoms with E-state index in [1.54, 1.807) is 0 Å². The van der Waals surface area contributed by atoms with Crippen molar-refractivity contribution in [1.29, 1.82) is 0 Å². The molecule has 0 radical (unpaired) electrons. The predicted molar refractivity (Wildman–Crippen MR) is 215 cm³/mol. The van der Waals surface area contributed by atoms with E-state index >= 15 is 0 Å². The molecule has 51 heavy (non-hydrogen) atoms. The number of rotatable bonds is 3. The van der Waals surface area contributed by atoms with Gasteiger partial charge in [-0.05, 0) is 77.9 Å². The molecular weight excluding hydrogens is 619 g/mol. The highest BCUT2D eigenvalue weighted by atomic mass is 15.0. The third-order valence-electron chi connectivity index (χ3n) is 11.1. The molecule has 0 saturated heterocycles. The molecule has 0 aliphatic rings. The number of hydrogen-bond donors (Lipinski definition) is 0. The van der Waals surface area contributed by atoms with Crippen molar-refractivity contribution in [2.24, 2.45) is 0 Å². The summed E-state index contributed by atoms with van der Waals surface area (Å²) in [5.41, 5.74) is 13.5. The summed E-state index contributed by atoms with van der Waals surface area (Å²) in [6.07, 6.45) is 0. The van der Waals surface area contributed by atoms with Gasteiger partial charge in [0.2, 0.25) is 0 Å². The van der Waals surface area contributed by atoms with Crippen molar-refractivity contribution in [3.8, 4) is 22.5 Å². The molecule has 0 aliphatic carbocycles. The van der Waals surface area contributed by atoms with Gasteiger partial charge in [-0.1, -0.05) is 109 Å². The van der Waals surface area contributed by atoms with E-state index in [1.807, 2.05) is 0 Å². The van der Waals surface area contributed by atoms with E-state index in [4.69, 9.17) is 0 Å². The molecule has 0 atom stereocenters. The Morgan fingerprint density at radius 3 is 1.53 bits per heavy atom. The summed E-state index contributed by atoms with van der Waals surface area (Å²) < 4.78 is 7.37. The SMILES string of the molecule is c1ccc(-n2c3ccccc3c3ccc(-c4ccc5c(c4)c4cc6c7ccccc7n7c8ccccc8c(c4n5-c4ccccc4)c67)cc32)cc1. The minimum Gasteiger partial charge on any atom is -0.309 e. The normalized spacial score (nSPS) is 12.3. The quantitative estimate of drug-likeness (QED) is 0.181. The molecule has 0 aliphatic heterocycles. The zero-order chi connectivity index (χ0) is 33.2. The van der Waals surface area contributed by atoms with Crippen molar-refractivity contribution in [2.45, 2.75) is 0 Å². The van der Waals surface area contributed by atoms with Crippen molar-refractivity contribution in [2.75, 3.05) is 0 Å². The van der Waals surface area contributed by atoms with Crippen molar-refractivity contribution in [3.63, 3.8) is 0 Å². The van der Waals surface area contributed by atoms with E-state index in [0.29, 0.717) is 0 Å². The lowest BCUT2D eigenvalue weighted by atomic mass is 9.99. The monoisotopic (exact) mass is 647 g/mol. The maximum Gasteiger partial charge on any atom is 0.0642 e. The number of para-hydroxylation sites is 5. The van der Waals surface area contributed by atoms with Gasteiger partial charge in [-0.25, -0.2) is 0 Å². The van der Waals surface area contributed by atoms with Gasteiger partial charge in [-0.2, -0.15) is 0 Å². The third kappa shape index (κ3) is 3.52. The molecule has 236 valence electrons. The molecule has 12 rings (SSSR count). The topological polar surface area (TPSA) is 14.3 Å². The van der Waals surface area contributed by atoms with E-state index in [9.17, 15) is 0 Å². The summed E-state index contributed by atoms with van der Waals surface area (Å²) >= 11 is 0. The van der Waals surface area contributed by atoms with Crippen molar-refractivity contribution in [1.82, 2.24) is 13.5 Å². The number of hydrogen-bond acceptors (Lipinski definition) is 0. The Kier molecular flexibility index (Phi) is 5.23. The highest BCUT2D eigenvalue weighted by molar-refractivity contribution is 6.34.